The highest BCUT2D eigenvalue weighted by atomic mass is 35.5. The Balaban J connectivity index is 1.70. The van der Waals surface area contributed by atoms with Crippen LogP contribution in [0, 0.1) is 6.92 Å². The first kappa shape index (κ1) is 24.8. The van der Waals surface area contributed by atoms with Gasteiger partial charge < -0.3 is 9.30 Å². The van der Waals surface area contributed by atoms with E-state index in [9.17, 15) is 13.2 Å². The van der Waals surface area contributed by atoms with E-state index in [0.717, 1.165) is 17.4 Å². The number of nitrogens with one attached hydrogen (secondary N) is 1. The van der Waals surface area contributed by atoms with Crippen LogP contribution in [-0.2, 0) is 6.18 Å². The van der Waals surface area contributed by atoms with Crippen LogP contribution in [-0.4, -0.2) is 37.7 Å². The number of halogens is 4. The first-order chi connectivity index (χ1) is 16.8. The molecule has 6 nitrogen and oxygen atoms in total. The van der Waals surface area contributed by atoms with E-state index in [1.807, 2.05) is 29.8 Å². The van der Waals surface area contributed by atoms with Crippen LogP contribution >= 0.6 is 11.6 Å². The molecule has 0 fully saturated rings. The number of aryl methyl sites for hydroxylation is 1. The van der Waals surface area contributed by atoms with E-state index < -0.39 is 17.7 Å². The first-order valence-corrected chi connectivity index (χ1v) is 11.7. The third-order valence-electron chi connectivity index (χ3n) is 5.78. The van der Waals surface area contributed by atoms with E-state index in [1.54, 1.807) is 25.6 Å². The van der Waals surface area contributed by atoms with Gasteiger partial charge >= 0.3 is 6.18 Å². The molecule has 0 spiro atoms. The van der Waals surface area contributed by atoms with Crippen molar-refractivity contribution in [2.24, 2.45) is 0 Å². The molecule has 2 heterocycles. The van der Waals surface area contributed by atoms with E-state index in [0.29, 0.717) is 48.1 Å². The van der Waals surface area contributed by atoms with Gasteiger partial charge in [-0.25, -0.2) is 9.97 Å². The molecule has 0 bridgehead atoms. The Labute approximate surface area is 206 Å². The summed E-state index contributed by atoms with van der Waals surface area (Å²) < 4.78 is 48.7. The van der Waals surface area contributed by atoms with Gasteiger partial charge in [-0.3, -0.25) is 5.10 Å². The second-order valence-electron chi connectivity index (χ2n) is 8.18. The van der Waals surface area contributed by atoms with Gasteiger partial charge in [0, 0.05) is 23.6 Å². The number of aromatic amines is 1. The summed E-state index contributed by atoms with van der Waals surface area (Å²) in [6, 6.07) is 11.1. The average Bonchev–Trinajstić information content (AvgIpc) is 3.50. The smallest absolute Gasteiger partial charge is 0.416 e. The lowest BCUT2D eigenvalue weighted by atomic mass is 9.89. The Bertz CT molecular complexity index is 1280. The zero-order valence-corrected chi connectivity index (χ0v) is 20.1. The molecule has 0 aliphatic carbocycles. The molecule has 1 N–H and O–H groups in total. The molecule has 0 aliphatic heterocycles. The minimum absolute atomic E-state index is 0.167. The number of aromatic nitrogens is 5. The van der Waals surface area contributed by atoms with E-state index >= 15 is 0 Å². The topological polar surface area (TPSA) is 68.6 Å². The van der Waals surface area contributed by atoms with E-state index in [1.165, 1.54) is 12.1 Å². The van der Waals surface area contributed by atoms with Crippen LogP contribution in [0.2, 0.25) is 0 Å². The molecule has 1 atom stereocenters. The molecule has 0 saturated heterocycles. The summed E-state index contributed by atoms with van der Waals surface area (Å²) in [5.41, 5.74) is 1.84. The molecular weight excluding hydrogens is 479 g/mol. The van der Waals surface area contributed by atoms with Crippen molar-refractivity contribution in [3.05, 3.63) is 77.6 Å². The van der Waals surface area contributed by atoms with Crippen LogP contribution in [0.3, 0.4) is 0 Å². The Morgan fingerprint density at radius 2 is 1.94 bits per heavy atom. The maximum Gasteiger partial charge on any atom is 0.416 e. The summed E-state index contributed by atoms with van der Waals surface area (Å²) in [5, 5.41) is 7.19. The normalized spacial score (nSPS) is 12.6. The van der Waals surface area contributed by atoms with Gasteiger partial charge in [0.05, 0.1) is 30.4 Å². The van der Waals surface area contributed by atoms with Crippen molar-refractivity contribution in [2.45, 2.75) is 38.3 Å². The molecule has 184 valence electrons. The molecule has 2 aromatic heterocycles. The molecule has 4 rings (SSSR count). The minimum atomic E-state index is -4.47. The molecule has 0 saturated carbocycles. The van der Waals surface area contributed by atoms with Crippen LogP contribution in [0.25, 0.3) is 17.1 Å². The van der Waals surface area contributed by atoms with E-state index in [-0.39, 0.29) is 5.56 Å². The Morgan fingerprint density at radius 1 is 1.14 bits per heavy atom. The van der Waals surface area contributed by atoms with Crippen LogP contribution in [0.4, 0.5) is 13.2 Å². The quantitative estimate of drug-likeness (QED) is 0.208. The number of rotatable bonds is 9. The zero-order valence-electron chi connectivity index (χ0n) is 19.3. The first-order valence-electron chi connectivity index (χ1n) is 11.2. The fourth-order valence-electron chi connectivity index (χ4n) is 4.08. The number of alkyl halides is 4. The van der Waals surface area contributed by atoms with Crippen LogP contribution in [0.1, 0.15) is 47.8 Å². The number of hydrogen-bond acceptors (Lipinski definition) is 4. The van der Waals surface area contributed by atoms with Gasteiger partial charge in [0.25, 0.3) is 0 Å². The molecule has 4 aromatic rings. The summed E-state index contributed by atoms with van der Waals surface area (Å²) in [5.74, 6) is 1.18. The third-order valence-corrected chi connectivity index (χ3v) is 6.05. The van der Waals surface area contributed by atoms with Crippen molar-refractivity contribution in [3.8, 4) is 22.8 Å². The monoisotopic (exact) mass is 503 g/mol. The highest BCUT2D eigenvalue weighted by molar-refractivity contribution is 6.17. The van der Waals surface area contributed by atoms with Gasteiger partial charge in [0.2, 0.25) is 0 Å². The summed E-state index contributed by atoms with van der Waals surface area (Å²) in [6.07, 6.45) is 0.909. The number of ether oxygens (including phenoxy) is 1. The largest absolute Gasteiger partial charge is 0.495 e. The van der Waals surface area contributed by atoms with Gasteiger partial charge in [-0.05, 0) is 49.6 Å². The number of imidazole rings is 1. The molecule has 0 radical (unpaired) electrons. The number of benzene rings is 2. The molecular formula is C25H25ClF3N5O. The summed E-state index contributed by atoms with van der Waals surface area (Å²) in [4.78, 5) is 8.84. The molecule has 1 unspecified atom stereocenters. The second-order valence-corrected chi connectivity index (χ2v) is 8.55. The lowest BCUT2D eigenvalue weighted by Gasteiger charge is -2.20. The fraction of sp³-hybridized carbons (Fsp3) is 0.320. The van der Waals surface area contributed by atoms with Gasteiger partial charge in [0.15, 0.2) is 5.82 Å². The van der Waals surface area contributed by atoms with Crippen molar-refractivity contribution >= 4 is 11.6 Å². The predicted octanol–water partition coefficient (Wildman–Crippen LogP) is 6.53. The SMILES string of the molecule is COc1cc(-c2n[nH]c(C(CCCCCl)c3ccccc3C(F)(F)F)n2)ccc1-n1cnc(C)c1. The summed E-state index contributed by atoms with van der Waals surface area (Å²) >= 11 is 5.82. The third kappa shape index (κ3) is 5.51. The molecule has 0 aliphatic rings. The lowest BCUT2D eigenvalue weighted by Crippen LogP contribution is -2.14. The highest BCUT2D eigenvalue weighted by Crippen LogP contribution is 2.39. The Morgan fingerprint density at radius 3 is 2.63 bits per heavy atom. The van der Waals surface area contributed by atoms with Gasteiger partial charge in [-0.1, -0.05) is 24.6 Å². The van der Waals surface area contributed by atoms with E-state index in [2.05, 4.69) is 20.2 Å². The molecule has 35 heavy (non-hydrogen) atoms. The number of hydrogen-bond donors (Lipinski definition) is 1. The zero-order chi connectivity index (χ0) is 25.0. The predicted molar refractivity (Wildman–Crippen MR) is 128 cm³/mol. The van der Waals surface area contributed by atoms with Gasteiger partial charge in [-0.15, -0.1) is 11.6 Å². The van der Waals surface area contributed by atoms with Gasteiger partial charge in [-0.2, -0.15) is 18.3 Å². The second kappa shape index (κ2) is 10.5. The summed E-state index contributed by atoms with van der Waals surface area (Å²) in [6.45, 7) is 1.90. The van der Waals surface area contributed by atoms with Crippen LogP contribution in [0.15, 0.2) is 55.0 Å². The van der Waals surface area contributed by atoms with Crippen molar-refractivity contribution in [2.75, 3.05) is 13.0 Å². The minimum Gasteiger partial charge on any atom is -0.495 e. The van der Waals surface area contributed by atoms with Crippen molar-refractivity contribution in [3.63, 3.8) is 0 Å². The molecule has 0 amide bonds. The van der Waals surface area contributed by atoms with Crippen LogP contribution in [0.5, 0.6) is 5.75 Å². The maximum absolute atomic E-state index is 13.8. The van der Waals surface area contributed by atoms with Crippen molar-refractivity contribution < 1.29 is 17.9 Å². The van der Waals surface area contributed by atoms with Crippen molar-refractivity contribution in [1.82, 2.24) is 24.7 Å². The average molecular weight is 504 g/mol. The number of H-pyrrole nitrogens is 1. The van der Waals surface area contributed by atoms with Crippen LogP contribution < -0.4 is 4.74 Å². The number of nitrogens with zero attached hydrogens (tertiary/aromatic N) is 4. The fourth-order valence-corrected chi connectivity index (χ4v) is 4.27. The lowest BCUT2D eigenvalue weighted by molar-refractivity contribution is -0.138. The standard InChI is InChI=1S/C25H25ClF3N5O/c1-16-14-34(15-30-16)21-11-10-17(13-22(21)35-2)23-31-24(33-32-23)19(8-5-6-12-26)18-7-3-4-9-20(18)25(27,28)29/h3-4,7,9-11,13-15,19H,5-6,8,12H2,1-2H3,(H,31,32,33). The molecule has 10 heteroatoms. The Kier molecular flexibility index (Phi) is 7.45. The van der Waals surface area contributed by atoms with Gasteiger partial charge in [0.1, 0.15) is 11.6 Å². The highest BCUT2D eigenvalue weighted by Gasteiger charge is 2.36. The summed E-state index contributed by atoms with van der Waals surface area (Å²) in [7, 11) is 1.57. The Hall–Kier alpha value is -3.33. The molecule has 2 aromatic carbocycles. The van der Waals surface area contributed by atoms with Crippen molar-refractivity contribution in [1.29, 1.82) is 0 Å². The number of methoxy groups -OCH3 is 1. The maximum atomic E-state index is 13.8. The van der Waals surface area contributed by atoms with E-state index in [4.69, 9.17) is 16.3 Å². The number of unbranched alkanes of at least 4 members (excludes halogenated alkanes) is 1.